The number of hydrogen-bond donors (Lipinski definition) is 0. The molecule has 2 rings (SSSR count). The maximum Gasteiger partial charge on any atom is 0.0941 e. The van der Waals surface area contributed by atoms with Crippen LogP contribution < -0.4 is 0 Å². The largest absolute Gasteiger partial charge is 0.472 e. The molecule has 1 aliphatic heterocycles. The van der Waals surface area contributed by atoms with Crippen molar-refractivity contribution >= 4 is 0 Å². The summed E-state index contributed by atoms with van der Waals surface area (Å²) < 4.78 is 10.6. The Morgan fingerprint density at radius 1 is 1.33 bits per heavy atom. The van der Waals surface area contributed by atoms with Gasteiger partial charge in [0.15, 0.2) is 0 Å². The molecule has 0 bridgehead atoms. The van der Waals surface area contributed by atoms with Crippen LogP contribution in [0.5, 0.6) is 0 Å². The molecule has 1 aliphatic rings. The molecule has 1 saturated heterocycles. The summed E-state index contributed by atoms with van der Waals surface area (Å²) in [6.45, 7) is 6.05. The summed E-state index contributed by atoms with van der Waals surface area (Å²) in [6.07, 6.45) is 3.66. The van der Waals surface area contributed by atoms with E-state index in [0.29, 0.717) is 11.8 Å². The van der Waals surface area contributed by atoms with Crippen LogP contribution in [0.3, 0.4) is 0 Å². The molecule has 1 fully saturated rings. The molecule has 1 aromatic rings. The minimum Gasteiger partial charge on any atom is -0.472 e. The van der Waals surface area contributed by atoms with E-state index in [0.717, 1.165) is 13.2 Å². The van der Waals surface area contributed by atoms with E-state index in [-0.39, 0.29) is 0 Å². The van der Waals surface area contributed by atoms with Crippen molar-refractivity contribution in [3.63, 3.8) is 0 Å². The number of ether oxygens (including phenoxy) is 1. The van der Waals surface area contributed by atoms with E-state index >= 15 is 0 Å². The second kappa shape index (κ2) is 2.94. The molecule has 0 aliphatic carbocycles. The van der Waals surface area contributed by atoms with Crippen LogP contribution in [-0.2, 0) is 4.74 Å². The summed E-state index contributed by atoms with van der Waals surface area (Å²) in [4.78, 5) is 0. The van der Waals surface area contributed by atoms with Gasteiger partial charge in [0.2, 0.25) is 0 Å². The van der Waals surface area contributed by atoms with Crippen molar-refractivity contribution in [2.45, 2.75) is 19.8 Å². The number of rotatable bonds is 1. The fourth-order valence-electron chi connectivity index (χ4n) is 1.81. The highest BCUT2D eigenvalue weighted by molar-refractivity contribution is 5.25. The van der Waals surface area contributed by atoms with E-state index in [1.54, 1.807) is 6.26 Å². The Morgan fingerprint density at radius 3 is 2.67 bits per heavy atom. The van der Waals surface area contributed by atoms with Gasteiger partial charge in [-0.25, -0.2) is 0 Å². The molecule has 0 saturated carbocycles. The smallest absolute Gasteiger partial charge is 0.0941 e. The van der Waals surface area contributed by atoms with Crippen molar-refractivity contribution in [1.29, 1.82) is 0 Å². The predicted molar refractivity (Wildman–Crippen MR) is 46.2 cm³/mol. The van der Waals surface area contributed by atoms with Crippen LogP contribution in [0.1, 0.15) is 24.0 Å². The predicted octanol–water partition coefficient (Wildman–Crippen LogP) is 2.34. The standard InChI is InChI=1S/C10H14O2/c1-7-3-11-5-9(7)10-6-12-4-8(10)2/h3,5,8,10H,4,6H2,1-2H3/t8?,10-/m1/s1. The van der Waals surface area contributed by atoms with E-state index in [2.05, 4.69) is 13.8 Å². The fourth-order valence-corrected chi connectivity index (χ4v) is 1.81. The molecule has 0 radical (unpaired) electrons. The molecule has 2 heteroatoms. The van der Waals surface area contributed by atoms with Crippen LogP contribution in [0.25, 0.3) is 0 Å². The third-order valence-electron chi connectivity index (χ3n) is 2.66. The molecule has 1 aromatic heterocycles. The highest BCUT2D eigenvalue weighted by atomic mass is 16.5. The van der Waals surface area contributed by atoms with Crippen LogP contribution in [0.4, 0.5) is 0 Å². The van der Waals surface area contributed by atoms with Gasteiger partial charge in [-0.15, -0.1) is 0 Å². The Hall–Kier alpha value is -0.760. The maximum atomic E-state index is 5.41. The minimum atomic E-state index is 0.545. The molecule has 0 amide bonds. The van der Waals surface area contributed by atoms with Crippen LogP contribution in [0.15, 0.2) is 16.9 Å². The third-order valence-corrected chi connectivity index (χ3v) is 2.66. The average molecular weight is 166 g/mol. The van der Waals surface area contributed by atoms with E-state index in [1.165, 1.54) is 11.1 Å². The van der Waals surface area contributed by atoms with Gasteiger partial charge in [-0.05, 0) is 24.0 Å². The Morgan fingerprint density at radius 2 is 2.17 bits per heavy atom. The quantitative estimate of drug-likeness (QED) is 0.639. The molecule has 1 unspecified atom stereocenters. The summed E-state index contributed by atoms with van der Waals surface area (Å²) >= 11 is 0. The van der Waals surface area contributed by atoms with Gasteiger partial charge in [0.25, 0.3) is 0 Å². The van der Waals surface area contributed by atoms with Gasteiger partial charge in [-0.2, -0.15) is 0 Å². The Labute approximate surface area is 72.5 Å². The monoisotopic (exact) mass is 166 g/mol. The second-order valence-electron chi connectivity index (χ2n) is 3.63. The lowest BCUT2D eigenvalue weighted by molar-refractivity contribution is 0.186. The van der Waals surface area contributed by atoms with E-state index in [4.69, 9.17) is 9.15 Å². The number of aryl methyl sites for hydroxylation is 1. The Bertz CT molecular complexity index is 265. The summed E-state index contributed by atoms with van der Waals surface area (Å²) in [5, 5.41) is 0. The first kappa shape index (κ1) is 7.87. The van der Waals surface area contributed by atoms with Crippen molar-refractivity contribution < 1.29 is 9.15 Å². The fraction of sp³-hybridized carbons (Fsp3) is 0.600. The van der Waals surface area contributed by atoms with Gasteiger partial charge >= 0.3 is 0 Å². The molecule has 0 aromatic carbocycles. The zero-order valence-corrected chi connectivity index (χ0v) is 7.54. The van der Waals surface area contributed by atoms with E-state index in [1.807, 2.05) is 6.26 Å². The highest BCUT2D eigenvalue weighted by Gasteiger charge is 2.27. The van der Waals surface area contributed by atoms with Gasteiger partial charge < -0.3 is 9.15 Å². The van der Waals surface area contributed by atoms with Crippen molar-refractivity contribution in [2.24, 2.45) is 5.92 Å². The molecular weight excluding hydrogens is 152 g/mol. The topological polar surface area (TPSA) is 22.4 Å². The lowest BCUT2D eigenvalue weighted by Gasteiger charge is -2.11. The van der Waals surface area contributed by atoms with E-state index in [9.17, 15) is 0 Å². The summed E-state index contributed by atoms with van der Waals surface area (Å²) in [5.41, 5.74) is 2.57. The maximum absolute atomic E-state index is 5.41. The molecule has 2 heterocycles. The molecule has 2 atom stereocenters. The number of furan rings is 1. The zero-order valence-electron chi connectivity index (χ0n) is 7.54. The van der Waals surface area contributed by atoms with Gasteiger partial charge in [0, 0.05) is 12.5 Å². The summed E-state index contributed by atoms with van der Waals surface area (Å²) in [6, 6.07) is 0. The molecule has 2 nitrogen and oxygen atoms in total. The van der Waals surface area contributed by atoms with Crippen LogP contribution in [0.2, 0.25) is 0 Å². The van der Waals surface area contributed by atoms with Crippen molar-refractivity contribution in [2.75, 3.05) is 13.2 Å². The summed E-state index contributed by atoms with van der Waals surface area (Å²) in [7, 11) is 0. The zero-order chi connectivity index (χ0) is 8.55. The molecule has 0 N–H and O–H groups in total. The lowest BCUT2D eigenvalue weighted by atomic mass is 9.90. The number of hydrogen-bond acceptors (Lipinski definition) is 2. The molecular formula is C10H14O2. The second-order valence-corrected chi connectivity index (χ2v) is 3.63. The average Bonchev–Trinajstić information content (AvgIpc) is 2.59. The first-order valence-electron chi connectivity index (χ1n) is 4.39. The first-order chi connectivity index (χ1) is 5.79. The van der Waals surface area contributed by atoms with Crippen LogP contribution in [-0.4, -0.2) is 13.2 Å². The minimum absolute atomic E-state index is 0.545. The third kappa shape index (κ3) is 1.16. The van der Waals surface area contributed by atoms with Gasteiger partial charge in [-0.1, -0.05) is 6.92 Å². The lowest BCUT2D eigenvalue weighted by Crippen LogP contribution is -2.06. The normalized spacial score (nSPS) is 29.5. The Balaban J connectivity index is 2.24. The Kier molecular flexibility index (Phi) is 1.93. The van der Waals surface area contributed by atoms with Gasteiger partial charge in [0.05, 0.1) is 19.1 Å². The summed E-state index contributed by atoms with van der Waals surface area (Å²) in [5.74, 6) is 1.17. The van der Waals surface area contributed by atoms with Crippen LogP contribution >= 0.6 is 0 Å². The highest BCUT2D eigenvalue weighted by Crippen LogP contribution is 2.32. The van der Waals surface area contributed by atoms with Crippen molar-refractivity contribution in [3.05, 3.63) is 23.7 Å². The van der Waals surface area contributed by atoms with Crippen molar-refractivity contribution in [1.82, 2.24) is 0 Å². The molecule has 12 heavy (non-hydrogen) atoms. The first-order valence-corrected chi connectivity index (χ1v) is 4.39. The van der Waals surface area contributed by atoms with Crippen LogP contribution in [0, 0.1) is 12.8 Å². The SMILES string of the molecule is Cc1cocc1[C@@H]1COCC1C. The van der Waals surface area contributed by atoms with Gasteiger partial charge in [-0.3, -0.25) is 0 Å². The van der Waals surface area contributed by atoms with Gasteiger partial charge in [0.1, 0.15) is 0 Å². The van der Waals surface area contributed by atoms with Crippen molar-refractivity contribution in [3.8, 4) is 0 Å². The molecule has 0 spiro atoms. The van der Waals surface area contributed by atoms with E-state index < -0.39 is 0 Å². The molecule has 66 valence electrons.